The van der Waals surface area contributed by atoms with Gasteiger partial charge in [0.15, 0.2) is 11.6 Å². The van der Waals surface area contributed by atoms with E-state index in [-0.39, 0.29) is 18.8 Å². The van der Waals surface area contributed by atoms with Gasteiger partial charge >= 0.3 is 5.97 Å². The fraction of sp³-hybridized carbons (Fsp3) is 0.385. The number of nitrogens with zero attached hydrogens (tertiary/aromatic N) is 1. The summed E-state index contributed by atoms with van der Waals surface area (Å²) in [6, 6.07) is 2.17. The van der Waals surface area contributed by atoms with Crippen LogP contribution in [0.1, 0.15) is 10.4 Å². The molecule has 108 valence electrons. The first-order chi connectivity index (χ1) is 9.41. The van der Waals surface area contributed by atoms with Gasteiger partial charge in [0.1, 0.15) is 5.92 Å². The highest BCUT2D eigenvalue weighted by molar-refractivity contribution is 5.94. The molecule has 1 fully saturated rings. The Kier molecular flexibility index (Phi) is 3.99. The van der Waals surface area contributed by atoms with E-state index in [2.05, 4.69) is 0 Å². The monoisotopic (exact) mass is 285 g/mol. The van der Waals surface area contributed by atoms with Gasteiger partial charge in [0.2, 0.25) is 0 Å². The van der Waals surface area contributed by atoms with Crippen molar-refractivity contribution < 1.29 is 28.2 Å². The Morgan fingerprint density at radius 2 is 2.00 bits per heavy atom. The number of benzene rings is 1. The molecule has 2 unspecified atom stereocenters. The first kappa shape index (κ1) is 14.4. The van der Waals surface area contributed by atoms with Gasteiger partial charge in [-0.2, -0.15) is 0 Å². The van der Waals surface area contributed by atoms with Gasteiger partial charge in [-0.05, 0) is 18.2 Å². The zero-order chi connectivity index (χ0) is 14.9. The summed E-state index contributed by atoms with van der Waals surface area (Å²) < 4.78 is 31.0. The number of amides is 1. The molecular weight excluding hydrogens is 272 g/mol. The van der Waals surface area contributed by atoms with E-state index in [9.17, 15) is 18.4 Å². The number of carboxylic acids is 1. The first-order valence-electron chi connectivity index (χ1n) is 5.94. The average molecular weight is 285 g/mol. The molecule has 1 amide bonds. The summed E-state index contributed by atoms with van der Waals surface area (Å²) in [5.74, 6) is -4.63. The van der Waals surface area contributed by atoms with Crippen molar-refractivity contribution in [2.75, 3.05) is 20.3 Å². The zero-order valence-corrected chi connectivity index (χ0v) is 10.7. The molecule has 2 atom stereocenters. The Labute approximate surface area is 113 Å². The van der Waals surface area contributed by atoms with E-state index in [1.165, 1.54) is 11.9 Å². The van der Waals surface area contributed by atoms with Crippen LogP contribution in [0.4, 0.5) is 8.78 Å². The number of hydrogen-bond donors (Lipinski definition) is 1. The number of aliphatic carboxylic acids is 1. The molecule has 1 aliphatic rings. The highest BCUT2D eigenvalue weighted by atomic mass is 19.2. The fourth-order valence-electron chi connectivity index (χ4n) is 2.14. The third-order valence-corrected chi connectivity index (χ3v) is 3.35. The molecule has 1 saturated heterocycles. The van der Waals surface area contributed by atoms with Gasteiger partial charge in [-0.15, -0.1) is 0 Å². The van der Waals surface area contributed by atoms with Crippen LogP contribution in [0.15, 0.2) is 18.2 Å². The molecule has 0 aromatic heterocycles. The molecule has 0 bridgehead atoms. The second-order valence-electron chi connectivity index (χ2n) is 4.59. The highest BCUT2D eigenvalue weighted by Gasteiger charge is 2.38. The number of ether oxygens (including phenoxy) is 1. The summed E-state index contributed by atoms with van der Waals surface area (Å²) >= 11 is 0. The summed E-state index contributed by atoms with van der Waals surface area (Å²) in [5, 5.41) is 9.04. The molecule has 1 heterocycles. The maximum Gasteiger partial charge on any atom is 0.311 e. The lowest BCUT2D eigenvalue weighted by atomic mass is 10.0. The zero-order valence-electron chi connectivity index (χ0n) is 10.7. The van der Waals surface area contributed by atoms with Crippen LogP contribution in [0.2, 0.25) is 0 Å². The summed E-state index contributed by atoms with van der Waals surface area (Å²) in [6.07, 6.45) is 0. The Hall–Kier alpha value is -2.02. The number of hydrogen-bond acceptors (Lipinski definition) is 3. The van der Waals surface area contributed by atoms with Crippen LogP contribution in [-0.4, -0.2) is 48.2 Å². The van der Waals surface area contributed by atoms with Crippen molar-refractivity contribution in [2.45, 2.75) is 6.04 Å². The minimum atomic E-state index is -1.12. The van der Waals surface area contributed by atoms with Gasteiger partial charge in [-0.3, -0.25) is 9.59 Å². The van der Waals surface area contributed by atoms with E-state index >= 15 is 0 Å². The molecule has 7 heteroatoms. The third-order valence-electron chi connectivity index (χ3n) is 3.35. The van der Waals surface area contributed by atoms with Crippen LogP contribution >= 0.6 is 0 Å². The van der Waals surface area contributed by atoms with E-state index in [4.69, 9.17) is 9.84 Å². The maximum atomic E-state index is 13.1. The smallest absolute Gasteiger partial charge is 0.311 e. The van der Waals surface area contributed by atoms with Crippen LogP contribution in [0, 0.1) is 17.6 Å². The number of likely N-dealkylation sites (N-methyl/N-ethyl adjacent to an activating group) is 1. The topological polar surface area (TPSA) is 66.8 Å². The van der Waals surface area contributed by atoms with Crippen molar-refractivity contribution >= 4 is 11.9 Å². The maximum absolute atomic E-state index is 13.1. The van der Waals surface area contributed by atoms with Gasteiger partial charge in [0.05, 0.1) is 19.3 Å². The van der Waals surface area contributed by atoms with Crippen molar-refractivity contribution in [3.63, 3.8) is 0 Å². The molecule has 0 aliphatic carbocycles. The van der Waals surface area contributed by atoms with Gasteiger partial charge in [0, 0.05) is 12.6 Å². The minimum Gasteiger partial charge on any atom is -0.481 e. The summed E-state index contributed by atoms with van der Waals surface area (Å²) in [4.78, 5) is 24.4. The summed E-state index contributed by atoms with van der Waals surface area (Å²) in [6.45, 7) is 0.123. The van der Waals surface area contributed by atoms with E-state index in [0.29, 0.717) is 0 Å². The Balaban J connectivity index is 2.19. The van der Waals surface area contributed by atoms with Crippen LogP contribution in [0.5, 0.6) is 0 Å². The molecule has 20 heavy (non-hydrogen) atoms. The SMILES string of the molecule is CN(C(=O)c1ccc(F)c(F)c1)C1COCC1C(=O)O. The van der Waals surface area contributed by atoms with Gasteiger partial charge < -0.3 is 14.7 Å². The first-order valence-corrected chi connectivity index (χ1v) is 5.94. The van der Waals surface area contributed by atoms with Crippen molar-refractivity contribution in [3.8, 4) is 0 Å². The highest BCUT2D eigenvalue weighted by Crippen LogP contribution is 2.21. The normalized spacial score (nSPS) is 21.8. The molecule has 1 aromatic rings. The minimum absolute atomic E-state index is 0.0232. The van der Waals surface area contributed by atoms with Crippen LogP contribution in [0.25, 0.3) is 0 Å². The molecule has 0 radical (unpaired) electrons. The second-order valence-corrected chi connectivity index (χ2v) is 4.59. The standard InChI is InChI=1S/C13H13F2NO4/c1-16(11-6-20-5-8(11)13(18)19)12(17)7-2-3-9(14)10(15)4-7/h2-4,8,11H,5-6H2,1H3,(H,18,19). The third kappa shape index (κ3) is 2.62. The lowest BCUT2D eigenvalue weighted by Crippen LogP contribution is -2.44. The van der Waals surface area contributed by atoms with Crippen molar-refractivity contribution in [3.05, 3.63) is 35.4 Å². The number of rotatable bonds is 3. The molecule has 1 aliphatic heterocycles. The van der Waals surface area contributed by atoms with Gasteiger partial charge in [-0.1, -0.05) is 0 Å². The Bertz CT molecular complexity index is 549. The summed E-state index contributed by atoms with van der Waals surface area (Å²) in [5.41, 5.74) is -0.0394. The Morgan fingerprint density at radius 3 is 2.60 bits per heavy atom. The molecule has 0 spiro atoms. The number of carbonyl (C=O) groups excluding carboxylic acids is 1. The van der Waals surface area contributed by atoms with E-state index in [0.717, 1.165) is 18.2 Å². The molecule has 1 aromatic carbocycles. The van der Waals surface area contributed by atoms with Crippen molar-refractivity contribution in [1.29, 1.82) is 0 Å². The van der Waals surface area contributed by atoms with Gasteiger partial charge in [-0.25, -0.2) is 8.78 Å². The van der Waals surface area contributed by atoms with E-state index in [1.54, 1.807) is 0 Å². The number of halogens is 2. The van der Waals surface area contributed by atoms with Crippen molar-refractivity contribution in [2.24, 2.45) is 5.92 Å². The molecule has 1 N–H and O–H groups in total. The second kappa shape index (κ2) is 5.54. The number of carbonyl (C=O) groups is 2. The quantitative estimate of drug-likeness (QED) is 0.904. The fourth-order valence-corrected chi connectivity index (χ4v) is 2.14. The molecule has 2 rings (SSSR count). The predicted molar refractivity (Wildman–Crippen MR) is 64.2 cm³/mol. The van der Waals surface area contributed by atoms with Crippen molar-refractivity contribution in [1.82, 2.24) is 4.90 Å². The van der Waals surface area contributed by atoms with Crippen LogP contribution < -0.4 is 0 Å². The van der Waals surface area contributed by atoms with E-state index < -0.39 is 35.5 Å². The van der Waals surface area contributed by atoms with Crippen LogP contribution in [-0.2, 0) is 9.53 Å². The van der Waals surface area contributed by atoms with Gasteiger partial charge in [0.25, 0.3) is 5.91 Å². The summed E-state index contributed by atoms with van der Waals surface area (Å²) in [7, 11) is 1.42. The molecular formula is C13H13F2NO4. The largest absolute Gasteiger partial charge is 0.481 e. The lowest BCUT2D eigenvalue weighted by molar-refractivity contribution is -0.142. The predicted octanol–water partition coefficient (Wildman–Crippen LogP) is 1.14. The lowest BCUT2D eigenvalue weighted by Gasteiger charge is -2.26. The number of carboxylic acid groups (broad SMARTS) is 1. The average Bonchev–Trinajstić information content (AvgIpc) is 2.89. The Morgan fingerprint density at radius 1 is 1.30 bits per heavy atom. The molecule has 5 nitrogen and oxygen atoms in total. The van der Waals surface area contributed by atoms with Crippen LogP contribution in [0.3, 0.4) is 0 Å². The molecule has 0 saturated carbocycles. The van der Waals surface area contributed by atoms with E-state index in [1.807, 2.05) is 0 Å².